The van der Waals surface area contributed by atoms with Crippen molar-refractivity contribution in [1.29, 1.82) is 0 Å². The number of fused-ring (bicyclic) bond motifs is 6. The van der Waals surface area contributed by atoms with E-state index in [1.54, 1.807) is 51.3 Å². The standard InChI is InChI=1S/C59H78F2N8O7/c1-13-43(50(62-14-2)37(6)75-12)52-45-33-58(7,8)35-76-57(74)46-18-16-26-69(64-46)56(73)47(30-38-28-41(31-42(29-38)53(60)61)39-19-20-48(44(45)32-39)68(52)15-3)63-54(71)51(36(4)5)65(11)55(72)40-22-27-66(34-40)49(70)21-23-59(9,10)67-24-17-25-67/h13-14,19-20,28-29,31-32,36-37,40,46-47,51,53,64H,1,15-18,22,24-27,30,33-35H2,2-12H3,(H,63,71)/b50-43+,62-14?/t37-,40-,46-,47-,51-/m0/s1. The topological polar surface area (TPSA) is 158 Å². The van der Waals surface area contributed by atoms with E-state index >= 15 is 8.78 Å². The van der Waals surface area contributed by atoms with Crippen molar-refractivity contribution in [2.45, 2.75) is 144 Å². The number of esters is 1. The van der Waals surface area contributed by atoms with Gasteiger partial charge in [0.2, 0.25) is 11.8 Å². The minimum Gasteiger partial charge on any atom is -0.464 e. The second kappa shape index (κ2) is 24.0. The van der Waals surface area contributed by atoms with Crippen LogP contribution in [0.4, 0.5) is 8.78 Å². The highest BCUT2D eigenvalue weighted by molar-refractivity contribution is 5.97. The number of halogens is 2. The van der Waals surface area contributed by atoms with Crippen LogP contribution in [0.25, 0.3) is 27.6 Å². The highest BCUT2D eigenvalue weighted by Crippen LogP contribution is 2.41. The van der Waals surface area contributed by atoms with Gasteiger partial charge in [0.1, 0.15) is 18.1 Å². The summed E-state index contributed by atoms with van der Waals surface area (Å²) in [4.78, 5) is 81.2. The fourth-order valence-corrected chi connectivity index (χ4v) is 11.1. The number of hydrazine groups is 1. The number of carbonyl (C=O) groups is 5. The minimum absolute atomic E-state index is 0.0271. The maximum atomic E-state index is 15.1. The molecule has 0 aliphatic carbocycles. The molecule has 17 heteroatoms. The average Bonchev–Trinajstić information content (AvgIpc) is 3.98. The second-order valence-corrected chi connectivity index (χ2v) is 22.4. The summed E-state index contributed by atoms with van der Waals surface area (Å²) in [6.07, 6.45) is 2.74. The monoisotopic (exact) mass is 1050 g/mol. The summed E-state index contributed by atoms with van der Waals surface area (Å²) < 4.78 is 44.3. The van der Waals surface area contributed by atoms with Gasteiger partial charge < -0.3 is 29.2 Å². The molecular formula is C59H78F2N8O7. The number of aryl methyl sites for hydroxylation is 1. The molecule has 76 heavy (non-hydrogen) atoms. The SMILES string of the molecule is C=C/C(=C(\N=CC)[C@H](C)OC)c1c2c3cc(ccc3n1CC)-c1cc(cc(C(F)F)c1)C[C@H](NC(=O)[C@H](C(C)C)N(C)C(=O)[C@H]1CCN(C(=O)C#CC(C)(C)N3CCC3)C1)C(=O)N1CCC[C@H](N1)C(=O)OCC(C)(C)C2. The number of likely N-dealkylation sites (N-methyl/N-ethyl adjacent to an activating group) is 1. The number of hydrogen-bond acceptors (Lipinski definition) is 10. The lowest BCUT2D eigenvalue weighted by molar-refractivity contribution is -0.155. The summed E-state index contributed by atoms with van der Waals surface area (Å²) in [5, 5.41) is 5.12. The number of allylic oxidation sites excluding steroid dienone is 2. The number of ether oxygens (including phenoxy) is 2. The van der Waals surface area contributed by atoms with Gasteiger partial charge >= 0.3 is 5.97 Å². The van der Waals surface area contributed by atoms with Crippen LogP contribution in [-0.2, 0) is 52.8 Å². The van der Waals surface area contributed by atoms with E-state index in [1.807, 2.05) is 66.7 Å². The molecule has 3 fully saturated rings. The van der Waals surface area contributed by atoms with Crippen LogP contribution in [0.1, 0.15) is 117 Å². The number of alkyl halides is 2. The molecule has 7 rings (SSSR count). The lowest BCUT2D eigenvalue weighted by Gasteiger charge is -2.41. The van der Waals surface area contributed by atoms with Crippen LogP contribution < -0.4 is 10.7 Å². The van der Waals surface area contributed by atoms with Gasteiger partial charge in [0.05, 0.1) is 35.6 Å². The first-order valence-electron chi connectivity index (χ1n) is 26.9. The number of hydrogen-bond donors (Lipinski definition) is 2. The van der Waals surface area contributed by atoms with E-state index in [4.69, 9.17) is 14.5 Å². The number of carbonyl (C=O) groups excluding carboxylic acids is 5. The van der Waals surface area contributed by atoms with Gasteiger partial charge in [0.25, 0.3) is 18.2 Å². The van der Waals surface area contributed by atoms with Gasteiger partial charge in [0.15, 0.2) is 0 Å². The zero-order valence-electron chi connectivity index (χ0n) is 46.4. The zero-order valence-corrected chi connectivity index (χ0v) is 46.4. The van der Waals surface area contributed by atoms with Crippen molar-refractivity contribution in [2.24, 2.45) is 22.2 Å². The molecule has 6 bridgehead atoms. The van der Waals surface area contributed by atoms with Crippen LogP contribution in [-0.4, -0.2) is 143 Å². The van der Waals surface area contributed by atoms with Gasteiger partial charge in [0, 0.05) is 93.5 Å². The summed E-state index contributed by atoms with van der Waals surface area (Å²) in [6.45, 7) is 24.8. The molecule has 0 saturated carbocycles. The molecule has 1 aromatic heterocycles. The summed E-state index contributed by atoms with van der Waals surface area (Å²) in [7, 11) is 3.17. The lowest BCUT2D eigenvalue weighted by Crippen LogP contribution is -2.62. The van der Waals surface area contributed by atoms with Crippen molar-refractivity contribution in [3.63, 3.8) is 0 Å². The van der Waals surface area contributed by atoms with E-state index in [0.29, 0.717) is 61.2 Å². The van der Waals surface area contributed by atoms with E-state index in [0.717, 1.165) is 47.2 Å². The first-order chi connectivity index (χ1) is 36.0. The average molecular weight is 1050 g/mol. The molecule has 4 aliphatic rings. The number of likely N-dealkylation sites (tertiary alicyclic amines) is 2. The molecular weight excluding hydrogens is 971 g/mol. The first-order valence-corrected chi connectivity index (χ1v) is 26.9. The molecule has 2 aromatic carbocycles. The van der Waals surface area contributed by atoms with Crippen molar-refractivity contribution < 1.29 is 42.2 Å². The Balaban J connectivity index is 1.28. The molecule has 0 radical (unpaired) electrons. The Hall–Kier alpha value is -6.22. The van der Waals surface area contributed by atoms with E-state index in [1.165, 1.54) is 22.0 Å². The van der Waals surface area contributed by atoms with Crippen molar-refractivity contribution >= 4 is 52.3 Å². The van der Waals surface area contributed by atoms with Crippen LogP contribution in [0.15, 0.2) is 59.7 Å². The smallest absolute Gasteiger partial charge is 0.324 e. The predicted octanol–water partition coefficient (Wildman–Crippen LogP) is 7.76. The van der Waals surface area contributed by atoms with Crippen LogP contribution in [0.5, 0.6) is 0 Å². The van der Waals surface area contributed by atoms with E-state index in [2.05, 4.69) is 38.6 Å². The Morgan fingerprint density at radius 2 is 1.79 bits per heavy atom. The Labute approximate surface area is 447 Å². The van der Waals surface area contributed by atoms with Crippen molar-refractivity contribution in [1.82, 2.24) is 35.0 Å². The number of cyclic esters (lactones) is 1. The van der Waals surface area contributed by atoms with Gasteiger partial charge in [-0.25, -0.2) is 14.2 Å². The number of methoxy groups -OCH3 is 1. The maximum Gasteiger partial charge on any atom is 0.324 e. The molecule has 4 amide bonds. The first kappa shape index (κ1) is 57.5. The molecule has 0 spiro atoms. The second-order valence-electron chi connectivity index (χ2n) is 22.4. The van der Waals surface area contributed by atoms with Gasteiger partial charge in [-0.2, -0.15) is 0 Å². The molecule has 2 N–H and O–H groups in total. The van der Waals surface area contributed by atoms with Crippen LogP contribution >= 0.6 is 0 Å². The largest absolute Gasteiger partial charge is 0.464 e. The number of nitrogens with one attached hydrogen (secondary N) is 2. The molecule has 5 atom stereocenters. The Morgan fingerprint density at radius 3 is 2.42 bits per heavy atom. The van der Waals surface area contributed by atoms with Crippen molar-refractivity contribution in [3.8, 4) is 23.0 Å². The van der Waals surface area contributed by atoms with Crippen LogP contribution in [0, 0.1) is 29.1 Å². The van der Waals surface area contributed by atoms with E-state index < -0.39 is 71.2 Å². The maximum absolute atomic E-state index is 15.1. The third-order valence-corrected chi connectivity index (χ3v) is 15.5. The predicted molar refractivity (Wildman–Crippen MR) is 292 cm³/mol. The third-order valence-electron chi connectivity index (χ3n) is 15.5. The summed E-state index contributed by atoms with van der Waals surface area (Å²) in [5.74, 6) is 2.46. The van der Waals surface area contributed by atoms with Crippen molar-refractivity contribution in [3.05, 3.63) is 77.1 Å². The fourth-order valence-electron chi connectivity index (χ4n) is 11.1. The quantitative estimate of drug-likeness (QED) is 0.0756. The summed E-state index contributed by atoms with van der Waals surface area (Å²) in [5.41, 5.74) is 7.32. The number of rotatable bonds is 13. The summed E-state index contributed by atoms with van der Waals surface area (Å²) >= 11 is 0. The van der Waals surface area contributed by atoms with E-state index in [9.17, 15) is 24.0 Å². The highest BCUT2D eigenvalue weighted by Gasteiger charge is 2.41. The van der Waals surface area contributed by atoms with Crippen molar-refractivity contribution in [2.75, 3.05) is 53.5 Å². The Morgan fingerprint density at radius 1 is 1.05 bits per heavy atom. The Kier molecular flexibility index (Phi) is 18.1. The third kappa shape index (κ3) is 12.5. The molecule has 4 aliphatic heterocycles. The van der Waals surface area contributed by atoms with Crippen LogP contribution in [0.3, 0.4) is 0 Å². The normalized spacial score (nSPS) is 21.6. The number of aliphatic imine (C=N–C) groups is 1. The Bertz CT molecular complexity index is 2840. The van der Waals surface area contributed by atoms with Gasteiger partial charge in [-0.15, -0.1) is 0 Å². The highest BCUT2D eigenvalue weighted by atomic mass is 19.3. The molecule has 410 valence electrons. The molecule has 0 unspecified atom stereocenters. The molecule has 3 saturated heterocycles. The summed E-state index contributed by atoms with van der Waals surface area (Å²) in [6, 6.07) is 7.17. The number of amides is 4. The molecule has 3 aromatic rings. The lowest BCUT2D eigenvalue weighted by atomic mass is 9.84. The number of aromatic nitrogens is 1. The minimum atomic E-state index is -2.87. The van der Waals surface area contributed by atoms with Gasteiger partial charge in [-0.3, -0.25) is 38.9 Å². The molecule has 15 nitrogen and oxygen atoms in total. The van der Waals surface area contributed by atoms with Crippen LogP contribution in [0.2, 0.25) is 0 Å². The zero-order chi connectivity index (χ0) is 55.4. The molecule has 5 heterocycles. The number of benzene rings is 2. The van der Waals surface area contributed by atoms with Gasteiger partial charge in [-0.05, 0) is 119 Å². The fraction of sp³-hybridized carbons (Fsp3) is 0.559. The van der Waals surface area contributed by atoms with E-state index in [-0.39, 0.29) is 43.5 Å². The number of nitrogens with zero attached hydrogens (tertiary/aromatic N) is 6. The van der Waals surface area contributed by atoms with Gasteiger partial charge in [-0.1, -0.05) is 64.5 Å².